The molecule has 0 bridgehead atoms. The molecule has 2 atom stereocenters. The van der Waals surface area contributed by atoms with Crippen molar-refractivity contribution in [2.45, 2.75) is 13.5 Å². The van der Waals surface area contributed by atoms with Crippen LogP contribution in [-0.2, 0) is 11.3 Å². The third kappa shape index (κ3) is 3.04. The molecule has 1 saturated heterocycles. The molecule has 92 valence electrons. The van der Waals surface area contributed by atoms with Crippen molar-refractivity contribution >= 4 is 21.9 Å². The number of halogens is 1. The van der Waals surface area contributed by atoms with Gasteiger partial charge in [0.15, 0.2) is 0 Å². The van der Waals surface area contributed by atoms with Crippen LogP contribution >= 0.6 is 15.9 Å². The predicted molar refractivity (Wildman–Crippen MR) is 67.5 cm³/mol. The Morgan fingerprint density at radius 3 is 2.88 bits per heavy atom. The van der Waals surface area contributed by atoms with Crippen LogP contribution in [-0.4, -0.2) is 34.0 Å². The molecule has 0 aromatic carbocycles. The highest BCUT2D eigenvalue weighted by atomic mass is 79.9. The first-order valence-electron chi connectivity index (χ1n) is 5.62. The van der Waals surface area contributed by atoms with Crippen LogP contribution in [0.1, 0.15) is 12.6 Å². The van der Waals surface area contributed by atoms with Crippen LogP contribution in [0.2, 0.25) is 0 Å². The maximum atomic E-state index is 11.0. The number of nitrogens with zero attached hydrogens (tertiary/aromatic N) is 2. The van der Waals surface area contributed by atoms with Crippen molar-refractivity contribution < 1.29 is 9.90 Å². The molecule has 2 unspecified atom stereocenters. The number of likely N-dealkylation sites (tertiary alicyclic amines) is 1. The van der Waals surface area contributed by atoms with Gasteiger partial charge in [-0.15, -0.1) is 0 Å². The van der Waals surface area contributed by atoms with Crippen LogP contribution in [0.4, 0.5) is 0 Å². The summed E-state index contributed by atoms with van der Waals surface area (Å²) in [5, 5.41) is 9.06. The molecule has 2 rings (SSSR count). The number of rotatable bonds is 3. The molecule has 5 heteroatoms. The zero-order valence-corrected chi connectivity index (χ0v) is 11.2. The zero-order valence-electron chi connectivity index (χ0n) is 9.64. The van der Waals surface area contributed by atoms with Gasteiger partial charge in [0.2, 0.25) is 0 Å². The number of aromatic nitrogens is 1. The minimum atomic E-state index is -0.691. The van der Waals surface area contributed by atoms with E-state index in [1.54, 1.807) is 6.20 Å². The van der Waals surface area contributed by atoms with E-state index in [-0.39, 0.29) is 11.8 Å². The molecule has 0 aliphatic carbocycles. The molecule has 0 radical (unpaired) electrons. The highest BCUT2D eigenvalue weighted by molar-refractivity contribution is 9.10. The topological polar surface area (TPSA) is 53.4 Å². The van der Waals surface area contributed by atoms with E-state index in [9.17, 15) is 4.79 Å². The van der Waals surface area contributed by atoms with Gasteiger partial charge in [0, 0.05) is 30.3 Å². The first kappa shape index (κ1) is 12.5. The smallest absolute Gasteiger partial charge is 0.308 e. The second kappa shape index (κ2) is 5.14. The summed E-state index contributed by atoms with van der Waals surface area (Å²) < 4.78 is 0.958. The van der Waals surface area contributed by atoms with Gasteiger partial charge in [0.25, 0.3) is 0 Å². The molecular weight excluding hydrogens is 284 g/mol. The van der Waals surface area contributed by atoms with Gasteiger partial charge in [-0.05, 0) is 34.0 Å². The average Bonchev–Trinajstić information content (AvgIpc) is 2.63. The number of hydrogen-bond donors (Lipinski definition) is 1. The summed E-state index contributed by atoms with van der Waals surface area (Å²) in [6.07, 6.45) is 1.77. The number of pyridine rings is 1. The van der Waals surface area contributed by atoms with E-state index in [4.69, 9.17) is 5.11 Å². The van der Waals surface area contributed by atoms with E-state index in [2.05, 4.69) is 25.8 Å². The van der Waals surface area contributed by atoms with Crippen molar-refractivity contribution in [3.05, 3.63) is 28.5 Å². The van der Waals surface area contributed by atoms with Crippen LogP contribution in [0.3, 0.4) is 0 Å². The summed E-state index contributed by atoms with van der Waals surface area (Å²) in [6, 6.07) is 3.92. The summed E-state index contributed by atoms with van der Waals surface area (Å²) in [5.41, 5.74) is 0.978. The molecule has 0 amide bonds. The predicted octanol–water partition coefficient (Wildman–Crippen LogP) is 2.00. The van der Waals surface area contributed by atoms with E-state index in [0.717, 1.165) is 23.3 Å². The maximum absolute atomic E-state index is 11.0. The van der Waals surface area contributed by atoms with Crippen molar-refractivity contribution in [2.75, 3.05) is 13.1 Å². The fourth-order valence-electron chi connectivity index (χ4n) is 2.25. The van der Waals surface area contributed by atoms with E-state index in [0.29, 0.717) is 6.54 Å². The van der Waals surface area contributed by atoms with Crippen LogP contribution in [0.5, 0.6) is 0 Å². The van der Waals surface area contributed by atoms with Gasteiger partial charge in [-0.3, -0.25) is 14.7 Å². The Balaban J connectivity index is 1.97. The second-order valence-corrected chi connectivity index (χ2v) is 5.50. The number of carboxylic acid groups (broad SMARTS) is 1. The lowest BCUT2D eigenvalue weighted by Gasteiger charge is -2.14. The Kier molecular flexibility index (Phi) is 3.79. The Bertz CT molecular complexity index is 407. The molecule has 4 nitrogen and oxygen atoms in total. The molecule has 1 fully saturated rings. The normalized spacial score (nSPS) is 25.1. The van der Waals surface area contributed by atoms with Crippen LogP contribution in [0, 0.1) is 11.8 Å². The quantitative estimate of drug-likeness (QED) is 0.927. The third-order valence-corrected chi connectivity index (χ3v) is 3.65. The number of aliphatic carboxylic acids is 1. The highest BCUT2D eigenvalue weighted by Gasteiger charge is 2.34. The molecule has 1 aromatic heterocycles. The molecule has 0 saturated carbocycles. The second-order valence-electron chi connectivity index (χ2n) is 4.58. The Labute approximate surface area is 109 Å². The van der Waals surface area contributed by atoms with Crippen LogP contribution < -0.4 is 0 Å². The summed E-state index contributed by atoms with van der Waals surface area (Å²) in [4.78, 5) is 17.5. The van der Waals surface area contributed by atoms with Crippen LogP contribution in [0.25, 0.3) is 0 Å². The van der Waals surface area contributed by atoms with Gasteiger partial charge >= 0.3 is 5.97 Å². The largest absolute Gasteiger partial charge is 0.481 e. The summed E-state index contributed by atoms with van der Waals surface area (Å²) in [5.74, 6) is -0.725. The first-order chi connectivity index (χ1) is 8.06. The van der Waals surface area contributed by atoms with E-state index in [1.165, 1.54) is 0 Å². The van der Waals surface area contributed by atoms with Crippen LogP contribution in [0.15, 0.2) is 22.8 Å². The molecular formula is C12H15BrN2O2. The minimum absolute atomic E-state index is 0.211. The number of carboxylic acids is 1. The standard InChI is InChI=1S/C12H15BrN2O2/c1-8-5-15(7-11(8)12(16)17)6-10-3-2-9(13)4-14-10/h2-4,8,11H,5-7H2,1H3,(H,16,17). The fourth-order valence-corrected chi connectivity index (χ4v) is 2.48. The Morgan fingerprint density at radius 1 is 1.59 bits per heavy atom. The van der Waals surface area contributed by atoms with Gasteiger partial charge in [0.05, 0.1) is 11.6 Å². The lowest BCUT2D eigenvalue weighted by molar-refractivity contribution is -0.142. The molecule has 2 heterocycles. The van der Waals surface area contributed by atoms with Crippen molar-refractivity contribution in [2.24, 2.45) is 11.8 Å². The molecule has 1 N–H and O–H groups in total. The molecule has 1 aliphatic heterocycles. The molecule has 17 heavy (non-hydrogen) atoms. The monoisotopic (exact) mass is 298 g/mol. The van der Waals surface area contributed by atoms with Gasteiger partial charge < -0.3 is 5.11 Å². The maximum Gasteiger partial charge on any atom is 0.308 e. The first-order valence-corrected chi connectivity index (χ1v) is 6.41. The SMILES string of the molecule is CC1CN(Cc2ccc(Br)cn2)CC1C(=O)O. The summed E-state index contributed by atoms with van der Waals surface area (Å²) in [6.45, 7) is 4.16. The third-order valence-electron chi connectivity index (χ3n) is 3.18. The molecule has 0 spiro atoms. The number of hydrogen-bond acceptors (Lipinski definition) is 3. The summed E-state index contributed by atoms with van der Waals surface area (Å²) >= 11 is 3.34. The van der Waals surface area contributed by atoms with Crippen molar-refractivity contribution in [1.82, 2.24) is 9.88 Å². The lowest BCUT2D eigenvalue weighted by atomic mass is 9.99. The van der Waals surface area contributed by atoms with E-state index < -0.39 is 5.97 Å². The van der Waals surface area contributed by atoms with Crippen molar-refractivity contribution in [3.8, 4) is 0 Å². The van der Waals surface area contributed by atoms with Crippen molar-refractivity contribution in [1.29, 1.82) is 0 Å². The van der Waals surface area contributed by atoms with Gasteiger partial charge in [0.1, 0.15) is 0 Å². The highest BCUT2D eigenvalue weighted by Crippen LogP contribution is 2.24. The summed E-state index contributed by atoms with van der Waals surface area (Å²) in [7, 11) is 0. The Hall–Kier alpha value is -0.940. The van der Waals surface area contributed by atoms with E-state index >= 15 is 0 Å². The Morgan fingerprint density at radius 2 is 2.35 bits per heavy atom. The zero-order chi connectivity index (χ0) is 12.4. The number of carbonyl (C=O) groups is 1. The lowest BCUT2D eigenvalue weighted by Crippen LogP contribution is -2.23. The van der Waals surface area contributed by atoms with Gasteiger partial charge in [-0.2, -0.15) is 0 Å². The van der Waals surface area contributed by atoms with Gasteiger partial charge in [-0.25, -0.2) is 0 Å². The average molecular weight is 299 g/mol. The minimum Gasteiger partial charge on any atom is -0.481 e. The fraction of sp³-hybridized carbons (Fsp3) is 0.500. The van der Waals surface area contributed by atoms with Crippen molar-refractivity contribution in [3.63, 3.8) is 0 Å². The molecule has 1 aromatic rings. The molecule has 1 aliphatic rings. The van der Waals surface area contributed by atoms with E-state index in [1.807, 2.05) is 19.1 Å². The van der Waals surface area contributed by atoms with Gasteiger partial charge in [-0.1, -0.05) is 6.92 Å².